The average molecular weight is 393 g/mol. The molecule has 2 aromatic rings. The molecule has 1 saturated heterocycles. The van der Waals surface area contributed by atoms with Crippen LogP contribution in [0.1, 0.15) is 6.42 Å². The second-order valence-electron chi connectivity index (χ2n) is 6.23. The molecule has 3 rings (SSSR count). The van der Waals surface area contributed by atoms with Gasteiger partial charge in [0, 0.05) is 26.7 Å². The number of para-hydroxylation sites is 1. The molecule has 1 aliphatic rings. The Morgan fingerprint density at radius 1 is 1.30 bits per heavy atom. The molecular formula is C16H19N5O5S. The third-order valence-electron chi connectivity index (χ3n) is 4.13. The fraction of sp³-hybridized carbons (Fsp3) is 0.375. The second-order valence-corrected chi connectivity index (χ2v) is 8.13. The van der Waals surface area contributed by atoms with Crippen molar-refractivity contribution in [1.29, 1.82) is 0 Å². The Labute approximate surface area is 156 Å². The van der Waals surface area contributed by atoms with E-state index in [9.17, 15) is 18.5 Å². The van der Waals surface area contributed by atoms with Crippen molar-refractivity contribution in [2.24, 2.45) is 0 Å². The number of aromatic nitrogens is 2. The summed E-state index contributed by atoms with van der Waals surface area (Å²) in [6.07, 6.45) is 3.10. The first-order valence-corrected chi connectivity index (χ1v) is 9.62. The monoisotopic (exact) mass is 393 g/mol. The maximum Gasteiger partial charge on any atom is 0.289 e. The number of hydrogen-bond donors (Lipinski definition) is 0. The summed E-state index contributed by atoms with van der Waals surface area (Å²) in [6, 6.07) is 5.32. The molecule has 1 aliphatic heterocycles. The van der Waals surface area contributed by atoms with Crippen molar-refractivity contribution in [3.05, 3.63) is 46.8 Å². The Balaban J connectivity index is 1.76. The molecule has 27 heavy (non-hydrogen) atoms. The van der Waals surface area contributed by atoms with Gasteiger partial charge >= 0.3 is 0 Å². The van der Waals surface area contributed by atoms with Crippen molar-refractivity contribution in [2.45, 2.75) is 17.4 Å². The number of sulfonamides is 1. The van der Waals surface area contributed by atoms with Gasteiger partial charge in [0.2, 0.25) is 15.9 Å². The van der Waals surface area contributed by atoms with Gasteiger partial charge in [-0.25, -0.2) is 8.42 Å². The van der Waals surface area contributed by atoms with Gasteiger partial charge in [-0.2, -0.15) is 9.29 Å². The summed E-state index contributed by atoms with van der Waals surface area (Å²) in [7, 11) is -0.346. The topological polar surface area (TPSA) is 119 Å². The molecule has 1 aromatic carbocycles. The van der Waals surface area contributed by atoms with E-state index in [1.165, 1.54) is 34.8 Å². The number of hydrogen-bond acceptors (Lipinski definition) is 8. The first-order valence-electron chi connectivity index (χ1n) is 8.18. The smallest absolute Gasteiger partial charge is 0.289 e. The van der Waals surface area contributed by atoms with Crippen LogP contribution in [-0.4, -0.2) is 60.9 Å². The van der Waals surface area contributed by atoms with Crippen molar-refractivity contribution < 1.29 is 18.1 Å². The van der Waals surface area contributed by atoms with Crippen LogP contribution >= 0.6 is 0 Å². The van der Waals surface area contributed by atoms with E-state index in [0.717, 1.165) is 0 Å². The van der Waals surface area contributed by atoms with Crippen LogP contribution in [0.5, 0.6) is 5.88 Å². The first-order chi connectivity index (χ1) is 12.8. The van der Waals surface area contributed by atoms with Crippen LogP contribution in [-0.2, 0) is 10.0 Å². The van der Waals surface area contributed by atoms with E-state index in [1.54, 1.807) is 11.1 Å². The predicted molar refractivity (Wildman–Crippen MR) is 97.2 cm³/mol. The van der Waals surface area contributed by atoms with Gasteiger partial charge in [0.05, 0.1) is 23.9 Å². The number of anilines is 1. The number of nitro groups is 1. The summed E-state index contributed by atoms with van der Waals surface area (Å²) in [4.78, 5) is 20.3. The van der Waals surface area contributed by atoms with Crippen molar-refractivity contribution in [3.8, 4) is 5.88 Å². The van der Waals surface area contributed by atoms with E-state index in [-0.39, 0.29) is 18.0 Å². The molecule has 0 N–H and O–H groups in total. The minimum absolute atomic E-state index is 0.0856. The van der Waals surface area contributed by atoms with Gasteiger partial charge in [-0.1, -0.05) is 12.1 Å². The van der Waals surface area contributed by atoms with Gasteiger partial charge in [0.15, 0.2) is 10.7 Å². The molecule has 10 nitrogen and oxygen atoms in total. The third-order valence-corrected chi connectivity index (χ3v) is 6.05. The van der Waals surface area contributed by atoms with E-state index < -0.39 is 26.7 Å². The Morgan fingerprint density at radius 3 is 2.74 bits per heavy atom. The SMILES string of the molecule is CN(C)c1cncc(OC2CCN(S(=O)(=O)c3ccccc3[N+](=O)[O-])C2)n1. The minimum atomic E-state index is -3.99. The van der Waals surface area contributed by atoms with Crippen molar-refractivity contribution in [2.75, 3.05) is 32.1 Å². The summed E-state index contributed by atoms with van der Waals surface area (Å²) in [5.41, 5.74) is -0.439. The largest absolute Gasteiger partial charge is 0.472 e. The summed E-state index contributed by atoms with van der Waals surface area (Å²) in [6.45, 7) is 0.294. The zero-order valence-electron chi connectivity index (χ0n) is 14.8. The van der Waals surface area contributed by atoms with Crippen LogP contribution in [0.25, 0.3) is 0 Å². The summed E-state index contributed by atoms with van der Waals surface area (Å²) in [5, 5.41) is 11.2. The number of nitrogens with zero attached hydrogens (tertiary/aromatic N) is 5. The number of ether oxygens (including phenoxy) is 1. The van der Waals surface area contributed by atoms with Crippen LogP contribution in [0.4, 0.5) is 11.5 Å². The van der Waals surface area contributed by atoms with Gasteiger partial charge in [-0.15, -0.1) is 0 Å². The zero-order chi connectivity index (χ0) is 19.6. The van der Waals surface area contributed by atoms with Crippen LogP contribution < -0.4 is 9.64 Å². The molecule has 0 amide bonds. The fourth-order valence-electron chi connectivity index (χ4n) is 2.76. The number of nitro benzene ring substituents is 1. The van der Waals surface area contributed by atoms with Crippen LogP contribution in [0.2, 0.25) is 0 Å². The molecular weight excluding hydrogens is 374 g/mol. The molecule has 0 aliphatic carbocycles. The lowest BCUT2D eigenvalue weighted by molar-refractivity contribution is -0.387. The normalized spacial score (nSPS) is 17.6. The predicted octanol–water partition coefficient (Wildman–Crippen LogP) is 1.29. The molecule has 11 heteroatoms. The summed E-state index contributed by atoms with van der Waals surface area (Å²) in [5.74, 6) is 0.922. The standard InChI is InChI=1S/C16H19N5O5S/c1-19(2)15-9-17-10-16(18-15)26-12-7-8-20(11-12)27(24,25)14-6-4-3-5-13(14)21(22)23/h3-6,9-10,12H,7-8,11H2,1-2H3. The van der Waals surface area contributed by atoms with E-state index in [0.29, 0.717) is 18.1 Å². The second kappa shape index (κ2) is 7.45. The number of benzene rings is 1. The van der Waals surface area contributed by atoms with E-state index in [1.807, 2.05) is 14.1 Å². The molecule has 144 valence electrons. The Kier molecular flexibility index (Phi) is 5.24. The Morgan fingerprint density at radius 2 is 2.04 bits per heavy atom. The quantitative estimate of drug-likeness (QED) is 0.532. The van der Waals surface area contributed by atoms with Gasteiger partial charge in [0.1, 0.15) is 6.10 Å². The Hall–Kier alpha value is -2.79. The van der Waals surface area contributed by atoms with Gasteiger partial charge in [-0.3, -0.25) is 15.1 Å². The highest BCUT2D eigenvalue weighted by atomic mass is 32.2. The molecule has 1 fully saturated rings. The molecule has 0 radical (unpaired) electrons. The summed E-state index contributed by atoms with van der Waals surface area (Å²) >= 11 is 0. The maximum atomic E-state index is 12.8. The highest BCUT2D eigenvalue weighted by Crippen LogP contribution is 2.29. The van der Waals surface area contributed by atoms with Crippen LogP contribution in [0, 0.1) is 10.1 Å². The highest BCUT2D eigenvalue weighted by molar-refractivity contribution is 7.89. The fourth-order valence-corrected chi connectivity index (χ4v) is 4.40. The summed E-state index contributed by atoms with van der Waals surface area (Å²) < 4.78 is 32.6. The van der Waals surface area contributed by atoms with E-state index >= 15 is 0 Å². The van der Waals surface area contributed by atoms with E-state index in [2.05, 4.69) is 9.97 Å². The number of rotatable bonds is 6. The molecule has 0 saturated carbocycles. The van der Waals surface area contributed by atoms with Crippen molar-refractivity contribution in [1.82, 2.24) is 14.3 Å². The lowest BCUT2D eigenvalue weighted by Gasteiger charge is -2.17. The zero-order valence-corrected chi connectivity index (χ0v) is 15.7. The van der Waals surface area contributed by atoms with Gasteiger partial charge < -0.3 is 9.64 Å². The maximum absolute atomic E-state index is 12.8. The molecule has 1 atom stereocenters. The van der Waals surface area contributed by atoms with Gasteiger partial charge in [-0.05, 0) is 12.5 Å². The van der Waals surface area contributed by atoms with E-state index in [4.69, 9.17) is 4.74 Å². The third kappa shape index (κ3) is 3.98. The first kappa shape index (κ1) is 19.0. The van der Waals surface area contributed by atoms with Crippen LogP contribution in [0.3, 0.4) is 0 Å². The van der Waals surface area contributed by atoms with Gasteiger partial charge in [0.25, 0.3) is 5.69 Å². The lowest BCUT2D eigenvalue weighted by atomic mass is 10.3. The molecule has 1 unspecified atom stereocenters. The Bertz CT molecular complexity index is 950. The average Bonchev–Trinajstić information content (AvgIpc) is 3.11. The van der Waals surface area contributed by atoms with Crippen molar-refractivity contribution >= 4 is 21.5 Å². The molecule has 0 bridgehead atoms. The van der Waals surface area contributed by atoms with Crippen LogP contribution in [0.15, 0.2) is 41.6 Å². The van der Waals surface area contributed by atoms with Crippen molar-refractivity contribution in [3.63, 3.8) is 0 Å². The molecule has 1 aromatic heterocycles. The molecule has 0 spiro atoms. The minimum Gasteiger partial charge on any atom is -0.472 e. The molecule has 2 heterocycles. The lowest BCUT2D eigenvalue weighted by Crippen LogP contribution is -2.31. The highest BCUT2D eigenvalue weighted by Gasteiger charge is 2.37.